The van der Waals surface area contributed by atoms with Crippen LogP contribution < -0.4 is 29.6 Å². The third-order valence-electron chi connectivity index (χ3n) is 2.64. The van der Waals surface area contributed by atoms with E-state index in [-0.39, 0.29) is 36.0 Å². The Morgan fingerprint density at radius 3 is 2.43 bits per heavy atom. The first kappa shape index (κ1) is 14.8. The van der Waals surface area contributed by atoms with Crippen molar-refractivity contribution in [1.82, 2.24) is 4.90 Å². The minimum Gasteiger partial charge on any atom is -0.746 e. The Kier molecular flexibility index (Phi) is 5.06. The van der Waals surface area contributed by atoms with E-state index in [0.29, 0.717) is 13.1 Å². The van der Waals surface area contributed by atoms with Crippen LogP contribution in [-0.2, 0) is 10.1 Å². The molecule has 2 unspecified atom stereocenters. The van der Waals surface area contributed by atoms with Crippen LogP contribution in [0.5, 0.6) is 0 Å². The van der Waals surface area contributed by atoms with Gasteiger partial charge in [-0.1, -0.05) is 6.92 Å². The molecule has 0 saturated carbocycles. The molecule has 1 aliphatic heterocycles. The summed E-state index contributed by atoms with van der Waals surface area (Å²) in [4.78, 5) is -0.177. The molecule has 0 radical (unpaired) electrons. The second kappa shape index (κ2) is 4.78. The summed E-state index contributed by atoms with van der Waals surface area (Å²) in [6.07, 6.45) is -0.00347. The Labute approximate surface area is 107 Å². The number of nitrogens with zero attached hydrogens (tertiary/aromatic N) is 1. The first-order valence-electron chi connectivity index (χ1n) is 4.14. The molecule has 0 aliphatic carbocycles. The fraction of sp³-hybridized carbons (Fsp3) is 1.00. The number of hydrogen-bond acceptors (Lipinski definition) is 5. The predicted molar refractivity (Wildman–Crippen MR) is 45.9 cm³/mol. The topological polar surface area (TPSA) is 80.7 Å². The molecule has 1 rings (SSSR count). The van der Waals surface area contributed by atoms with Crippen molar-refractivity contribution < 1.29 is 47.6 Å². The Balaban J connectivity index is 0.00000169. The SMILES string of the molecule is CC1CN(C)CCC1(O)S(=O)(=O)[O-].[Na+]. The van der Waals surface area contributed by atoms with Crippen LogP contribution in [0, 0.1) is 5.92 Å². The molecular weight excluding hydrogens is 217 g/mol. The second-order valence-corrected chi connectivity index (χ2v) is 5.33. The third-order valence-corrected chi connectivity index (χ3v) is 4.11. The quantitative estimate of drug-likeness (QED) is 0.370. The normalized spacial score (nSPS) is 35.0. The van der Waals surface area contributed by atoms with Crippen LogP contribution in [0.25, 0.3) is 0 Å². The van der Waals surface area contributed by atoms with Crippen molar-refractivity contribution in [3.8, 4) is 0 Å². The van der Waals surface area contributed by atoms with Crippen LogP contribution in [0.4, 0.5) is 0 Å². The van der Waals surface area contributed by atoms with Crippen LogP contribution in [0.3, 0.4) is 0 Å². The van der Waals surface area contributed by atoms with Crippen LogP contribution in [0.15, 0.2) is 0 Å². The number of piperidine rings is 1. The fourth-order valence-corrected chi connectivity index (χ4v) is 2.58. The molecule has 0 bridgehead atoms. The Morgan fingerprint density at radius 1 is 1.57 bits per heavy atom. The van der Waals surface area contributed by atoms with Gasteiger partial charge < -0.3 is 14.6 Å². The van der Waals surface area contributed by atoms with Gasteiger partial charge in [0.25, 0.3) is 0 Å². The Morgan fingerprint density at radius 2 is 2.07 bits per heavy atom. The molecule has 14 heavy (non-hydrogen) atoms. The predicted octanol–water partition coefficient (Wildman–Crippen LogP) is -3.80. The van der Waals surface area contributed by atoms with Crippen molar-refractivity contribution in [1.29, 1.82) is 0 Å². The summed E-state index contributed by atoms with van der Waals surface area (Å²) < 4.78 is 32.4. The van der Waals surface area contributed by atoms with Gasteiger partial charge in [0.2, 0.25) is 0 Å². The summed E-state index contributed by atoms with van der Waals surface area (Å²) in [6.45, 7) is 2.44. The molecule has 1 aliphatic rings. The van der Waals surface area contributed by atoms with E-state index < -0.39 is 21.0 Å². The van der Waals surface area contributed by atoms with Crippen molar-refractivity contribution in [2.45, 2.75) is 18.3 Å². The molecule has 1 saturated heterocycles. The number of rotatable bonds is 1. The smallest absolute Gasteiger partial charge is 0.746 e. The zero-order valence-electron chi connectivity index (χ0n) is 8.73. The van der Waals surface area contributed by atoms with Crippen LogP contribution >= 0.6 is 0 Å². The number of likely N-dealkylation sites (tertiary alicyclic amines) is 1. The molecule has 2 atom stereocenters. The maximum Gasteiger partial charge on any atom is 1.00 e. The van der Waals surface area contributed by atoms with E-state index in [1.54, 1.807) is 6.92 Å². The molecule has 1 heterocycles. The van der Waals surface area contributed by atoms with Crippen molar-refractivity contribution in [2.75, 3.05) is 20.1 Å². The van der Waals surface area contributed by atoms with E-state index in [0.717, 1.165) is 0 Å². The van der Waals surface area contributed by atoms with Gasteiger partial charge in [-0.25, -0.2) is 8.42 Å². The van der Waals surface area contributed by atoms with Gasteiger partial charge in [0.05, 0.1) is 0 Å². The van der Waals surface area contributed by atoms with Crippen molar-refractivity contribution >= 4 is 10.1 Å². The minimum absolute atomic E-state index is 0. The van der Waals surface area contributed by atoms with Crippen molar-refractivity contribution in [2.24, 2.45) is 5.92 Å². The maximum absolute atomic E-state index is 10.8. The summed E-state index contributed by atoms with van der Waals surface area (Å²) in [5.41, 5.74) is 0. The summed E-state index contributed by atoms with van der Waals surface area (Å²) >= 11 is 0. The van der Waals surface area contributed by atoms with Crippen molar-refractivity contribution in [3.05, 3.63) is 0 Å². The number of aliphatic hydroxyl groups is 1. The van der Waals surface area contributed by atoms with Crippen LogP contribution in [0.2, 0.25) is 0 Å². The van der Waals surface area contributed by atoms with Gasteiger partial charge in [0.1, 0.15) is 10.1 Å². The van der Waals surface area contributed by atoms with Gasteiger partial charge in [-0.05, 0) is 7.05 Å². The number of hydrogen-bond donors (Lipinski definition) is 1. The Bertz CT molecular complexity index is 294. The zero-order valence-corrected chi connectivity index (χ0v) is 11.5. The van der Waals surface area contributed by atoms with E-state index in [1.165, 1.54) is 0 Å². The molecule has 7 heteroatoms. The van der Waals surface area contributed by atoms with Gasteiger partial charge in [0, 0.05) is 25.4 Å². The van der Waals surface area contributed by atoms with E-state index >= 15 is 0 Å². The monoisotopic (exact) mass is 231 g/mol. The second-order valence-electron chi connectivity index (χ2n) is 3.71. The van der Waals surface area contributed by atoms with E-state index in [2.05, 4.69) is 0 Å². The largest absolute Gasteiger partial charge is 1.00 e. The molecule has 0 aromatic heterocycles. The van der Waals surface area contributed by atoms with E-state index in [4.69, 9.17) is 0 Å². The van der Waals surface area contributed by atoms with Gasteiger partial charge in [-0.15, -0.1) is 0 Å². The minimum atomic E-state index is -4.62. The van der Waals surface area contributed by atoms with Crippen LogP contribution in [-0.4, -0.2) is 48.0 Å². The molecule has 0 amide bonds. The molecule has 0 spiro atoms. The molecule has 1 N–H and O–H groups in total. The third kappa shape index (κ3) is 2.69. The average Bonchev–Trinajstić information content (AvgIpc) is 1.95. The van der Waals surface area contributed by atoms with E-state index in [9.17, 15) is 18.1 Å². The molecule has 5 nitrogen and oxygen atoms in total. The first-order chi connectivity index (χ1) is 5.77. The van der Waals surface area contributed by atoms with E-state index in [1.807, 2.05) is 11.9 Å². The molecule has 1 fully saturated rings. The summed E-state index contributed by atoms with van der Waals surface area (Å²) in [6, 6.07) is 0. The van der Waals surface area contributed by atoms with Gasteiger partial charge in [-0.3, -0.25) is 0 Å². The van der Waals surface area contributed by atoms with Gasteiger partial charge in [0.15, 0.2) is 4.93 Å². The summed E-state index contributed by atoms with van der Waals surface area (Å²) in [5, 5.41) is 9.67. The average molecular weight is 231 g/mol. The Hall–Kier alpha value is 0.830. The van der Waals surface area contributed by atoms with Crippen LogP contribution in [0.1, 0.15) is 13.3 Å². The maximum atomic E-state index is 10.8. The first-order valence-corrected chi connectivity index (χ1v) is 5.54. The van der Waals surface area contributed by atoms with Gasteiger partial charge >= 0.3 is 29.6 Å². The zero-order chi connectivity index (χ0) is 10.3. The standard InChI is InChI=1S/C7H15NO4S.Na/c1-6-5-8(2)4-3-7(6,9)13(10,11)12;/h6,9H,3-5H2,1-2H3,(H,10,11,12);/q;+1/p-1. The van der Waals surface area contributed by atoms with Gasteiger partial charge in [-0.2, -0.15) is 0 Å². The summed E-state index contributed by atoms with van der Waals surface area (Å²) in [7, 11) is -2.79. The fourth-order valence-electron chi connectivity index (χ4n) is 1.67. The molecule has 78 valence electrons. The molecule has 0 aromatic rings. The molecule has 0 aromatic carbocycles. The van der Waals surface area contributed by atoms with Crippen molar-refractivity contribution in [3.63, 3.8) is 0 Å². The summed E-state index contributed by atoms with van der Waals surface area (Å²) in [5.74, 6) is -0.534. The molecular formula is C7H14NNaO4S.